The third-order valence-corrected chi connectivity index (χ3v) is 6.33. The topological polar surface area (TPSA) is 0 Å². The monoisotopic (exact) mass is 204 g/mol. The second kappa shape index (κ2) is 5.43. The number of hydrogen-bond donors (Lipinski definition) is 0. The molecule has 0 bridgehead atoms. The minimum absolute atomic E-state index is 0.620. The molecule has 1 rings (SSSR count). The summed E-state index contributed by atoms with van der Waals surface area (Å²) in [6.45, 7) is 4.63. The zero-order valence-corrected chi connectivity index (χ0v) is 9.90. The minimum atomic E-state index is 0.620. The molecule has 1 saturated heterocycles. The van der Waals surface area contributed by atoms with Gasteiger partial charge in [-0.05, 0) is 12.8 Å². The van der Waals surface area contributed by atoms with Crippen molar-refractivity contribution < 1.29 is 0 Å². The molecular formula is C10H20S2. The molecule has 0 aromatic rings. The lowest BCUT2D eigenvalue weighted by atomic mass is 10.1. The van der Waals surface area contributed by atoms with Crippen LogP contribution in [0.5, 0.6) is 0 Å². The maximum absolute atomic E-state index is 2.34. The van der Waals surface area contributed by atoms with Crippen molar-refractivity contribution in [1.82, 2.24) is 0 Å². The van der Waals surface area contributed by atoms with Gasteiger partial charge in [0.2, 0.25) is 0 Å². The van der Waals surface area contributed by atoms with E-state index >= 15 is 0 Å². The van der Waals surface area contributed by atoms with E-state index in [9.17, 15) is 0 Å². The Bertz CT molecular complexity index is 117. The van der Waals surface area contributed by atoms with Gasteiger partial charge >= 0.3 is 0 Å². The van der Waals surface area contributed by atoms with Crippen LogP contribution >= 0.6 is 23.5 Å². The van der Waals surface area contributed by atoms with E-state index in [1.165, 1.54) is 43.6 Å². The van der Waals surface area contributed by atoms with Crippen LogP contribution < -0.4 is 0 Å². The molecule has 0 nitrogen and oxygen atoms in total. The molecule has 1 fully saturated rings. The Morgan fingerprint density at radius 2 is 1.75 bits per heavy atom. The highest BCUT2D eigenvalue weighted by Crippen LogP contribution is 2.49. The minimum Gasteiger partial charge on any atom is -0.143 e. The normalized spacial score (nSPS) is 21.5. The van der Waals surface area contributed by atoms with Crippen molar-refractivity contribution in [2.45, 2.75) is 50.0 Å². The van der Waals surface area contributed by atoms with Gasteiger partial charge in [-0.15, -0.1) is 23.5 Å². The third kappa shape index (κ3) is 2.88. The van der Waals surface area contributed by atoms with Gasteiger partial charge < -0.3 is 0 Å². The molecule has 0 aromatic heterocycles. The van der Waals surface area contributed by atoms with Crippen molar-refractivity contribution in [2.24, 2.45) is 0 Å². The quantitative estimate of drug-likeness (QED) is 0.617. The summed E-state index contributed by atoms with van der Waals surface area (Å²) in [5, 5.41) is 0. The number of thioether (sulfide) groups is 2. The molecular weight excluding hydrogens is 184 g/mol. The second-order valence-electron chi connectivity index (χ2n) is 3.42. The smallest absolute Gasteiger partial charge is 0.0609 e. The SMILES string of the molecule is CCCCCC1(CC)SCCS1. The van der Waals surface area contributed by atoms with Crippen LogP contribution in [0, 0.1) is 0 Å². The van der Waals surface area contributed by atoms with Crippen LogP contribution in [-0.2, 0) is 0 Å². The summed E-state index contributed by atoms with van der Waals surface area (Å²) < 4.78 is 0.620. The first kappa shape index (κ1) is 10.8. The summed E-state index contributed by atoms with van der Waals surface area (Å²) in [6, 6.07) is 0. The van der Waals surface area contributed by atoms with E-state index in [-0.39, 0.29) is 0 Å². The number of unbranched alkanes of at least 4 members (excludes halogenated alkanes) is 2. The van der Waals surface area contributed by atoms with Gasteiger partial charge in [-0.1, -0.05) is 33.1 Å². The van der Waals surface area contributed by atoms with Crippen LogP contribution in [0.1, 0.15) is 46.0 Å². The Kier molecular flexibility index (Phi) is 4.88. The first-order valence-electron chi connectivity index (χ1n) is 5.11. The highest BCUT2D eigenvalue weighted by Gasteiger charge is 2.32. The molecule has 0 unspecified atom stereocenters. The summed E-state index contributed by atoms with van der Waals surface area (Å²) in [6.07, 6.45) is 7.00. The molecule has 12 heavy (non-hydrogen) atoms. The summed E-state index contributed by atoms with van der Waals surface area (Å²) in [5.74, 6) is 2.76. The van der Waals surface area contributed by atoms with Crippen molar-refractivity contribution in [1.29, 1.82) is 0 Å². The average Bonchev–Trinajstić information content (AvgIpc) is 2.55. The van der Waals surface area contributed by atoms with E-state index in [0.717, 1.165) is 0 Å². The van der Waals surface area contributed by atoms with Crippen molar-refractivity contribution in [3.8, 4) is 0 Å². The van der Waals surface area contributed by atoms with Crippen LogP contribution in [0.3, 0.4) is 0 Å². The predicted octanol–water partition coefficient (Wildman–Crippen LogP) is 4.15. The van der Waals surface area contributed by atoms with Gasteiger partial charge in [0, 0.05) is 11.5 Å². The van der Waals surface area contributed by atoms with E-state index in [1.807, 2.05) is 0 Å². The largest absolute Gasteiger partial charge is 0.143 e. The van der Waals surface area contributed by atoms with Crippen LogP contribution in [0.4, 0.5) is 0 Å². The number of rotatable bonds is 5. The van der Waals surface area contributed by atoms with Crippen LogP contribution in [-0.4, -0.2) is 15.6 Å². The molecule has 1 heterocycles. The summed E-state index contributed by atoms with van der Waals surface area (Å²) in [5.41, 5.74) is 0. The lowest BCUT2D eigenvalue weighted by Crippen LogP contribution is -2.14. The lowest BCUT2D eigenvalue weighted by molar-refractivity contribution is 0.612. The Hall–Kier alpha value is 0.700. The fourth-order valence-electron chi connectivity index (χ4n) is 1.67. The van der Waals surface area contributed by atoms with Crippen molar-refractivity contribution in [2.75, 3.05) is 11.5 Å². The van der Waals surface area contributed by atoms with Gasteiger partial charge in [0.15, 0.2) is 0 Å². The predicted molar refractivity (Wildman–Crippen MR) is 62.1 cm³/mol. The molecule has 0 aromatic carbocycles. The average molecular weight is 204 g/mol. The lowest BCUT2D eigenvalue weighted by Gasteiger charge is -2.25. The summed E-state index contributed by atoms with van der Waals surface area (Å²) >= 11 is 4.41. The molecule has 1 aliphatic heterocycles. The molecule has 0 saturated carbocycles. The number of hydrogen-bond acceptors (Lipinski definition) is 2. The van der Waals surface area contributed by atoms with Crippen molar-refractivity contribution >= 4 is 23.5 Å². The van der Waals surface area contributed by atoms with E-state index < -0.39 is 0 Å². The van der Waals surface area contributed by atoms with Crippen LogP contribution in [0.15, 0.2) is 0 Å². The Morgan fingerprint density at radius 3 is 2.25 bits per heavy atom. The second-order valence-corrected chi connectivity index (χ2v) is 6.63. The maximum Gasteiger partial charge on any atom is 0.0609 e. The summed E-state index contributed by atoms with van der Waals surface area (Å²) in [4.78, 5) is 0. The van der Waals surface area contributed by atoms with Gasteiger partial charge in [0.25, 0.3) is 0 Å². The zero-order chi connectivity index (χ0) is 8.86. The van der Waals surface area contributed by atoms with E-state index in [4.69, 9.17) is 0 Å². The standard InChI is InChI=1S/C10H20S2/c1-3-5-6-7-10(4-2)11-8-9-12-10/h3-9H2,1-2H3. The molecule has 0 N–H and O–H groups in total. The maximum atomic E-state index is 2.34. The molecule has 1 aliphatic rings. The Labute approximate surface area is 85.3 Å². The van der Waals surface area contributed by atoms with Crippen LogP contribution in [0.25, 0.3) is 0 Å². The van der Waals surface area contributed by atoms with Gasteiger partial charge in [0.05, 0.1) is 4.08 Å². The fourth-order valence-corrected chi connectivity index (χ4v) is 4.90. The van der Waals surface area contributed by atoms with E-state index in [1.54, 1.807) is 0 Å². The Morgan fingerprint density at radius 1 is 1.08 bits per heavy atom. The highest BCUT2D eigenvalue weighted by molar-refractivity contribution is 8.21. The van der Waals surface area contributed by atoms with E-state index in [2.05, 4.69) is 37.4 Å². The first-order valence-corrected chi connectivity index (χ1v) is 7.08. The van der Waals surface area contributed by atoms with Gasteiger partial charge in [-0.2, -0.15) is 0 Å². The fraction of sp³-hybridized carbons (Fsp3) is 1.00. The molecule has 2 heteroatoms. The van der Waals surface area contributed by atoms with Gasteiger partial charge in [-0.25, -0.2) is 0 Å². The molecule has 0 amide bonds. The molecule has 0 atom stereocenters. The van der Waals surface area contributed by atoms with E-state index in [0.29, 0.717) is 4.08 Å². The molecule has 0 spiro atoms. The summed E-state index contributed by atoms with van der Waals surface area (Å²) in [7, 11) is 0. The van der Waals surface area contributed by atoms with Crippen molar-refractivity contribution in [3.63, 3.8) is 0 Å². The Balaban J connectivity index is 2.24. The first-order chi connectivity index (χ1) is 5.83. The van der Waals surface area contributed by atoms with Gasteiger partial charge in [0.1, 0.15) is 0 Å². The third-order valence-electron chi connectivity index (χ3n) is 2.51. The van der Waals surface area contributed by atoms with Crippen LogP contribution in [0.2, 0.25) is 0 Å². The van der Waals surface area contributed by atoms with Crippen molar-refractivity contribution in [3.05, 3.63) is 0 Å². The molecule has 0 radical (unpaired) electrons. The van der Waals surface area contributed by atoms with Gasteiger partial charge in [-0.3, -0.25) is 0 Å². The zero-order valence-electron chi connectivity index (χ0n) is 8.27. The molecule has 0 aliphatic carbocycles. The highest BCUT2D eigenvalue weighted by atomic mass is 32.2. The molecule has 72 valence electrons.